The molecule has 1 amide bonds. The molecule has 0 bridgehead atoms. The van der Waals surface area contributed by atoms with Crippen LogP contribution < -0.4 is 4.90 Å². The van der Waals surface area contributed by atoms with Crippen LogP contribution in [0.5, 0.6) is 0 Å². The summed E-state index contributed by atoms with van der Waals surface area (Å²) in [6.45, 7) is 2.68. The normalized spacial score (nSPS) is 14.2. The molecule has 3 aromatic rings. The summed E-state index contributed by atoms with van der Waals surface area (Å²) in [6.07, 6.45) is 0. The monoisotopic (exact) mass is 412 g/mol. The number of carbonyl (C=O) groups is 1. The second-order valence-electron chi connectivity index (χ2n) is 6.54. The van der Waals surface area contributed by atoms with Crippen molar-refractivity contribution in [3.8, 4) is 11.3 Å². The average molecular weight is 413 g/mol. The molecule has 0 spiro atoms. The zero-order valence-corrected chi connectivity index (χ0v) is 16.6. The van der Waals surface area contributed by atoms with Crippen LogP contribution in [0.1, 0.15) is 10.4 Å². The van der Waals surface area contributed by atoms with Gasteiger partial charge in [-0.05, 0) is 42.5 Å². The summed E-state index contributed by atoms with van der Waals surface area (Å²) in [4.78, 5) is 16.6. The second kappa shape index (κ2) is 8.17. The number of aromatic nitrogens is 2. The fourth-order valence-electron chi connectivity index (χ4n) is 3.22. The van der Waals surface area contributed by atoms with Gasteiger partial charge < -0.3 is 9.80 Å². The maximum absolute atomic E-state index is 12.6. The molecule has 4 rings (SSSR count). The van der Waals surface area contributed by atoms with Crippen molar-refractivity contribution >= 4 is 34.9 Å². The van der Waals surface area contributed by atoms with E-state index in [0.717, 1.165) is 17.1 Å². The van der Waals surface area contributed by atoms with Gasteiger partial charge in [0.1, 0.15) is 0 Å². The van der Waals surface area contributed by atoms with E-state index in [0.29, 0.717) is 41.8 Å². The Morgan fingerprint density at radius 2 is 1.54 bits per heavy atom. The van der Waals surface area contributed by atoms with Crippen molar-refractivity contribution in [3.63, 3.8) is 0 Å². The maximum Gasteiger partial charge on any atom is 0.253 e. The number of benzene rings is 2. The van der Waals surface area contributed by atoms with E-state index in [1.807, 2.05) is 41.3 Å². The first-order valence-electron chi connectivity index (χ1n) is 9.00. The molecule has 28 heavy (non-hydrogen) atoms. The highest BCUT2D eigenvalue weighted by molar-refractivity contribution is 6.33. The minimum atomic E-state index is 0.0245. The molecule has 0 unspecified atom stereocenters. The molecule has 1 fully saturated rings. The Kier molecular flexibility index (Phi) is 5.46. The number of anilines is 1. The van der Waals surface area contributed by atoms with E-state index in [1.54, 1.807) is 24.3 Å². The fraction of sp³-hybridized carbons (Fsp3) is 0.190. The van der Waals surface area contributed by atoms with Crippen LogP contribution in [0.15, 0.2) is 60.7 Å². The molecule has 7 heteroatoms. The van der Waals surface area contributed by atoms with Crippen LogP contribution in [0.3, 0.4) is 0 Å². The van der Waals surface area contributed by atoms with Crippen molar-refractivity contribution in [2.45, 2.75) is 0 Å². The predicted octanol–water partition coefficient (Wildman–Crippen LogP) is 4.41. The van der Waals surface area contributed by atoms with E-state index >= 15 is 0 Å². The van der Waals surface area contributed by atoms with Gasteiger partial charge in [-0.3, -0.25) is 4.79 Å². The first-order chi connectivity index (χ1) is 13.6. The third kappa shape index (κ3) is 3.96. The molecule has 1 aliphatic heterocycles. The van der Waals surface area contributed by atoms with Crippen molar-refractivity contribution in [2.24, 2.45) is 0 Å². The molecule has 142 valence electrons. The van der Waals surface area contributed by atoms with Gasteiger partial charge in [0.15, 0.2) is 5.82 Å². The Bertz CT molecular complexity index is 968. The lowest BCUT2D eigenvalue weighted by Gasteiger charge is -2.35. The van der Waals surface area contributed by atoms with Crippen LogP contribution >= 0.6 is 23.2 Å². The number of piperazine rings is 1. The first-order valence-corrected chi connectivity index (χ1v) is 9.76. The molecule has 0 atom stereocenters. The van der Waals surface area contributed by atoms with Gasteiger partial charge in [0.2, 0.25) is 0 Å². The van der Waals surface area contributed by atoms with Gasteiger partial charge in [-0.1, -0.05) is 41.4 Å². The van der Waals surface area contributed by atoms with Crippen molar-refractivity contribution in [1.82, 2.24) is 15.1 Å². The molecule has 1 aromatic heterocycles. The summed E-state index contributed by atoms with van der Waals surface area (Å²) >= 11 is 12.1. The van der Waals surface area contributed by atoms with E-state index < -0.39 is 0 Å². The Morgan fingerprint density at radius 1 is 0.821 bits per heavy atom. The van der Waals surface area contributed by atoms with E-state index in [1.165, 1.54) is 0 Å². The number of nitrogens with zero attached hydrogens (tertiary/aromatic N) is 4. The van der Waals surface area contributed by atoms with E-state index in [2.05, 4.69) is 15.1 Å². The van der Waals surface area contributed by atoms with Crippen LogP contribution in [-0.2, 0) is 0 Å². The highest BCUT2D eigenvalue weighted by atomic mass is 35.5. The highest BCUT2D eigenvalue weighted by Crippen LogP contribution is 2.26. The van der Waals surface area contributed by atoms with Crippen LogP contribution in [0.2, 0.25) is 10.0 Å². The topological polar surface area (TPSA) is 49.3 Å². The lowest BCUT2D eigenvalue weighted by molar-refractivity contribution is 0.0746. The number of amides is 1. The van der Waals surface area contributed by atoms with Crippen molar-refractivity contribution in [2.75, 3.05) is 31.1 Å². The Balaban J connectivity index is 1.40. The largest absolute Gasteiger partial charge is 0.352 e. The standard InChI is InChI=1S/C21H18Cl2N4O/c22-16-7-5-15(6-8-16)21(28)27-13-11-26(12-14-27)20-10-9-19(24-25-20)17-3-1-2-4-18(17)23/h1-10H,11-14H2. The number of hydrogen-bond acceptors (Lipinski definition) is 4. The summed E-state index contributed by atoms with van der Waals surface area (Å²) in [6, 6.07) is 18.4. The fourth-order valence-corrected chi connectivity index (χ4v) is 3.58. The molecule has 1 aliphatic rings. The number of carbonyl (C=O) groups excluding carboxylic acids is 1. The molecule has 2 heterocycles. The van der Waals surface area contributed by atoms with E-state index in [-0.39, 0.29) is 5.91 Å². The smallest absolute Gasteiger partial charge is 0.253 e. The number of halogens is 2. The molecule has 2 aromatic carbocycles. The zero-order chi connectivity index (χ0) is 19.5. The molecule has 0 radical (unpaired) electrons. The number of rotatable bonds is 3. The Labute approximate surface area is 173 Å². The minimum Gasteiger partial charge on any atom is -0.352 e. The summed E-state index contributed by atoms with van der Waals surface area (Å²) in [5.74, 6) is 0.825. The number of hydrogen-bond donors (Lipinski definition) is 0. The maximum atomic E-state index is 12.6. The van der Waals surface area contributed by atoms with Crippen LogP contribution in [0, 0.1) is 0 Å². The molecule has 0 aliphatic carbocycles. The lowest BCUT2D eigenvalue weighted by Crippen LogP contribution is -2.49. The quantitative estimate of drug-likeness (QED) is 0.638. The summed E-state index contributed by atoms with van der Waals surface area (Å²) in [5.41, 5.74) is 2.26. The minimum absolute atomic E-state index is 0.0245. The predicted molar refractivity (Wildman–Crippen MR) is 112 cm³/mol. The van der Waals surface area contributed by atoms with Gasteiger partial charge >= 0.3 is 0 Å². The van der Waals surface area contributed by atoms with Crippen molar-refractivity contribution < 1.29 is 4.79 Å². The Morgan fingerprint density at radius 3 is 2.18 bits per heavy atom. The van der Waals surface area contributed by atoms with Crippen LogP contribution in [0.25, 0.3) is 11.3 Å². The van der Waals surface area contributed by atoms with Gasteiger partial charge in [0.25, 0.3) is 5.91 Å². The highest BCUT2D eigenvalue weighted by Gasteiger charge is 2.23. The third-order valence-corrected chi connectivity index (χ3v) is 5.36. The van der Waals surface area contributed by atoms with E-state index in [9.17, 15) is 4.79 Å². The van der Waals surface area contributed by atoms with E-state index in [4.69, 9.17) is 23.2 Å². The van der Waals surface area contributed by atoms with Gasteiger partial charge in [-0.25, -0.2) is 0 Å². The first kappa shape index (κ1) is 18.7. The average Bonchev–Trinajstić information content (AvgIpc) is 2.74. The molecular weight excluding hydrogens is 395 g/mol. The summed E-state index contributed by atoms with van der Waals surface area (Å²) in [5, 5.41) is 9.96. The molecule has 0 saturated carbocycles. The van der Waals surface area contributed by atoms with Crippen molar-refractivity contribution in [1.29, 1.82) is 0 Å². The zero-order valence-electron chi connectivity index (χ0n) is 15.1. The van der Waals surface area contributed by atoms with Crippen molar-refractivity contribution in [3.05, 3.63) is 76.3 Å². The van der Waals surface area contributed by atoms with Gasteiger partial charge in [-0.15, -0.1) is 10.2 Å². The summed E-state index contributed by atoms with van der Waals surface area (Å²) < 4.78 is 0. The molecule has 1 saturated heterocycles. The SMILES string of the molecule is O=C(c1ccc(Cl)cc1)N1CCN(c2ccc(-c3ccccc3Cl)nn2)CC1. The summed E-state index contributed by atoms with van der Waals surface area (Å²) in [7, 11) is 0. The van der Waals surface area contributed by atoms with Crippen LogP contribution in [0.4, 0.5) is 5.82 Å². The van der Waals surface area contributed by atoms with Gasteiger partial charge in [0.05, 0.1) is 10.7 Å². The van der Waals surface area contributed by atoms with Gasteiger partial charge in [0, 0.05) is 42.3 Å². The second-order valence-corrected chi connectivity index (χ2v) is 7.39. The molecule has 5 nitrogen and oxygen atoms in total. The Hall–Kier alpha value is -2.63. The van der Waals surface area contributed by atoms with Gasteiger partial charge in [-0.2, -0.15) is 0 Å². The molecule has 0 N–H and O–H groups in total. The molecular formula is C21H18Cl2N4O. The third-order valence-electron chi connectivity index (χ3n) is 4.78. The lowest BCUT2D eigenvalue weighted by atomic mass is 10.1. The van der Waals surface area contributed by atoms with Crippen LogP contribution in [-0.4, -0.2) is 47.2 Å².